The Balaban J connectivity index is 1.63. The molecule has 1 N–H and O–H groups in total. The molecule has 0 radical (unpaired) electrons. The Morgan fingerprint density at radius 2 is 2.26 bits per heavy atom. The molecule has 1 aliphatic carbocycles. The Hall–Kier alpha value is -0.870. The van der Waals surface area contributed by atoms with E-state index in [-0.39, 0.29) is 0 Å². The Bertz CT molecular complexity index is 500. The van der Waals surface area contributed by atoms with Gasteiger partial charge in [-0.05, 0) is 37.6 Å². The molecule has 2 unspecified atom stereocenters. The monoisotopic (exact) mass is 277 g/mol. The van der Waals surface area contributed by atoms with Gasteiger partial charge in [-0.3, -0.25) is 4.40 Å². The van der Waals surface area contributed by atoms with E-state index in [0.717, 1.165) is 23.2 Å². The molecule has 104 valence electrons. The lowest BCUT2D eigenvalue weighted by Crippen LogP contribution is -2.31. The molecule has 2 aromatic rings. The first kappa shape index (κ1) is 13.1. The van der Waals surface area contributed by atoms with Gasteiger partial charge < -0.3 is 5.32 Å². The average Bonchev–Trinajstić information content (AvgIpc) is 3.02. The molecule has 1 fully saturated rings. The molecular formula is C15H23N3S. The fraction of sp³-hybridized carbons (Fsp3) is 0.667. The average molecular weight is 277 g/mol. The van der Waals surface area contributed by atoms with Crippen LogP contribution in [-0.4, -0.2) is 22.0 Å². The van der Waals surface area contributed by atoms with Crippen molar-refractivity contribution in [2.45, 2.75) is 45.6 Å². The summed E-state index contributed by atoms with van der Waals surface area (Å²) >= 11 is 1.72. The van der Waals surface area contributed by atoms with Gasteiger partial charge in [-0.2, -0.15) is 0 Å². The molecule has 19 heavy (non-hydrogen) atoms. The fourth-order valence-corrected chi connectivity index (χ4v) is 3.90. The van der Waals surface area contributed by atoms with Crippen LogP contribution in [0.2, 0.25) is 0 Å². The normalized spacial score (nSPS) is 23.7. The van der Waals surface area contributed by atoms with Gasteiger partial charge in [-0.1, -0.05) is 20.3 Å². The van der Waals surface area contributed by atoms with E-state index in [1.807, 2.05) is 0 Å². The molecule has 0 saturated heterocycles. The van der Waals surface area contributed by atoms with E-state index in [2.05, 4.69) is 41.3 Å². The molecule has 3 nitrogen and oxygen atoms in total. The van der Waals surface area contributed by atoms with Crippen molar-refractivity contribution in [1.29, 1.82) is 0 Å². The van der Waals surface area contributed by atoms with Crippen LogP contribution >= 0.6 is 11.3 Å². The van der Waals surface area contributed by atoms with E-state index >= 15 is 0 Å². The molecule has 4 heteroatoms. The SMILES string of the molecule is CC(C)NCC1CCCC1Cc1cn2ccsc2n1. The molecule has 0 aliphatic heterocycles. The van der Waals surface area contributed by atoms with Crippen molar-refractivity contribution in [2.75, 3.05) is 6.54 Å². The van der Waals surface area contributed by atoms with Gasteiger partial charge in [0.1, 0.15) is 0 Å². The second kappa shape index (κ2) is 5.63. The van der Waals surface area contributed by atoms with E-state index in [1.165, 1.54) is 31.5 Å². The largest absolute Gasteiger partial charge is 0.314 e. The van der Waals surface area contributed by atoms with Crippen LogP contribution in [0.3, 0.4) is 0 Å². The number of fused-ring (bicyclic) bond motifs is 1. The van der Waals surface area contributed by atoms with E-state index < -0.39 is 0 Å². The number of nitrogens with zero attached hydrogens (tertiary/aromatic N) is 2. The molecule has 2 aromatic heterocycles. The lowest BCUT2D eigenvalue weighted by Gasteiger charge is -2.20. The first-order valence-electron chi connectivity index (χ1n) is 7.37. The summed E-state index contributed by atoms with van der Waals surface area (Å²) in [5.74, 6) is 1.65. The molecule has 0 bridgehead atoms. The zero-order chi connectivity index (χ0) is 13.2. The fourth-order valence-electron chi connectivity index (χ4n) is 3.18. The van der Waals surface area contributed by atoms with Crippen LogP contribution in [0.15, 0.2) is 17.8 Å². The summed E-state index contributed by atoms with van der Waals surface area (Å²) in [6.07, 6.45) is 9.60. The van der Waals surface area contributed by atoms with Crippen molar-refractivity contribution in [2.24, 2.45) is 11.8 Å². The summed E-state index contributed by atoms with van der Waals surface area (Å²) in [6, 6.07) is 0.596. The highest BCUT2D eigenvalue weighted by molar-refractivity contribution is 7.15. The van der Waals surface area contributed by atoms with Crippen LogP contribution in [-0.2, 0) is 6.42 Å². The quantitative estimate of drug-likeness (QED) is 0.908. The molecular weight excluding hydrogens is 254 g/mol. The van der Waals surface area contributed by atoms with Gasteiger partial charge >= 0.3 is 0 Å². The third-order valence-electron chi connectivity index (χ3n) is 4.22. The number of aromatic nitrogens is 2. The zero-order valence-corrected chi connectivity index (χ0v) is 12.6. The van der Waals surface area contributed by atoms with Crippen LogP contribution in [0.1, 0.15) is 38.8 Å². The maximum absolute atomic E-state index is 4.73. The lowest BCUT2D eigenvalue weighted by atomic mass is 9.91. The van der Waals surface area contributed by atoms with Crippen LogP contribution < -0.4 is 5.32 Å². The first-order chi connectivity index (χ1) is 9.22. The van der Waals surface area contributed by atoms with Gasteiger partial charge in [0.25, 0.3) is 0 Å². The van der Waals surface area contributed by atoms with Gasteiger partial charge in [-0.15, -0.1) is 11.3 Å². The summed E-state index contributed by atoms with van der Waals surface area (Å²) in [7, 11) is 0. The minimum Gasteiger partial charge on any atom is -0.314 e. The first-order valence-corrected chi connectivity index (χ1v) is 8.25. The molecule has 2 atom stereocenters. The molecule has 1 saturated carbocycles. The molecule has 3 rings (SSSR count). The minimum atomic E-state index is 0.596. The van der Waals surface area contributed by atoms with Crippen molar-refractivity contribution >= 4 is 16.3 Å². The van der Waals surface area contributed by atoms with Gasteiger partial charge in [0.2, 0.25) is 0 Å². The van der Waals surface area contributed by atoms with Crippen LogP contribution in [0.25, 0.3) is 4.96 Å². The van der Waals surface area contributed by atoms with Crippen LogP contribution in [0.4, 0.5) is 0 Å². The topological polar surface area (TPSA) is 29.3 Å². The Morgan fingerprint density at radius 3 is 3.05 bits per heavy atom. The second-order valence-electron chi connectivity index (χ2n) is 6.04. The highest BCUT2D eigenvalue weighted by Gasteiger charge is 2.27. The Morgan fingerprint density at radius 1 is 1.42 bits per heavy atom. The predicted octanol–water partition coefficient (Wildman–Crippen LogP) is 3.35. The van der Waals surface area contributed by atoms with E-state index in [0.29, 0.717) is 6.04 Å². The Kier molecular flexibility index (Phi) is 3.89. The standard InChI is InChI=1S/C15H23N3S/c1-11(2)16-9-13-5-3-4-12(13)8-14-10-18-6-7-19-15(18)17-14/h6-7,10-13,16H,3-5,8-9H2,1-2H3. The summed E-state index contributed by atoms with van der Waals surface area (Å²) in [5.41, 5.74) is 1.27. The summed E-state index contributed by atoms with van der Waals surface area (Å²) < 4.78 is 2.15. The number of nitrogens with one attached hydrogen (secondary N) is 1. The molecule has 0 spiro atoms. The van der Waals surface area contributed by atoms with E-state index in [9.17, 15) is 0 Å². The minimum absolute atomic E-state index is 0.596. The number of rotatable bonds is 5. The van der Waals surface area contributed by atoms with Gasteiger partial charge in [-0.25, -0.2) is 4.98 Å². The highest BCUT2D eigenvalue weighted by Crippen LogP contribution is 2.34. The van der Waals surface area contributed by atoms with Crippen LogP contribution in [0.5, 0.6) is 0 Å². The number of hydrogen-bond acceptors (Lipinski definition) is 3. The molecule has 1 aliphatic rings. The third kappa shape index (κ3) is 3.00. The second-order valence-corrected chi connectivity index (χ2v) is 6.92. The lowest BCUT2D eigenvalue weighted by molar-refractivity contribution is 0.352. The van der Waals surface area contributed by atoms with Crippen molar-refractivity contribution < 1.29 is 0 Å². The Labute approximate surface area is 119 Å². The number of thiazole rings is 1. The molecule has 0 amide bonds. The molecule has 2 heterocycles. The summed E-state index contributed by atoms with van der Waals surface area (Å²) in [4.78, 5) is 5.86. The van der Waals surface area contributed by atoms with Gasteiger partial charge in [0.15, 0.2) is 4.96 Å². The van der Waals surface area contributed by atoms with Crippen LogP contribution in [0, 0.1) is 11.8 Å². The van der Waals surface area contributed by atoms with Crippen molar-refractivity contribution in [3.63, 3.8) is 0 Å². The molecule has 0 aromatic carbocycles. The van der Waals surface area contributed by atoms with Crippen molar-refractivity contribution in [3.05, 3.63) is 23.5 Å². The van der Waals surface area contributed by atoms with E-state index in [1.54, 1.807) is 11.3 Å². The number of hydrogen-bond donors (Lipinski definition) is 1. The van der Waals surface area contributed by atoms with Gasteiger partial charge in [0, 0.05) is 23.8 Å². The van der Waals surface area contributed by atoms with Gasteiger partial charge in [0.05, 0.1) is 5.69 Å². The van der Waals surface area contributed by atoms with Crippen molar-refractivity contribution in [3.8, 4) is 0 Å². The summed E-state index contributed by atoms with van der Waals surface area (Å²) in [5, 5.41) is 5.70. The highest BCUT2D eigenvalue weighted by atomic mass is 32.1. The third-order valence-corrected chi connectivity index (χ3v) is 4.99. The smallest absolute Gasteiger partial charge is 0.193 e. The maximum Gasteiger partial charge on any atom is 0.193 e. The zero-order valence-electron chi connectivity index (χ0n) is 11.8. The maximum atomic E-state index is 4.73. The number of imidazole rings is 1. The predicted molar refractivity (Wildman–Crippen MR) is 80.7 cm³/mol. The van der Waals surface area contributed by atoms with E-state index in [4.69, 9.17) is 4.98 Å². The van der Waals surface area contributed by atoms with Crippen molar-refractivity contribution in [1.82, 2.24) is 14.7 Å². The summed E-state index contributed by atoms with van der Waals surface area (Å²) in [6.45, 7) is 5.63.